The second-order valence-corrected chi connectivity index (χ2v) is 7.31. The van der Waals surface area contributed by atoms with Gasteiger partial charge in [-0.2, -0.15) is 0 Å². The number of likely N-dealkylation sites (tertiary alicyclic amines) is 1. The molecule has 0 aliphatic carbocycles. The monoisotopic (exact) mass is 337 g/mol. The van der Waals surface area contributed by atoms with Gasteiger partial charge in [0.15, 0.2) is 6.29 Å². The number of carbonyl (C=O) groups is 1. The molecule has 1 aromatic carbocycles. The van der Waals surface area contributed by atoms with Gasteiger partial charge in [-0.05, 0) is 44.4 Å². The Kier molecular flexibility index (Phi) is 4.95. The number of hydrogen-bond acceptors (Lipinski definition) is 3. The van der Waals surface area contributed by atoms with E-state index in [1.807, 2.05) is 43.0 Å². The number of amides is 1. The molecule has 0 N–H and O–H groups in total. The Morgan fingerprint density at radius 2 is 1.87 bits per heavy atom. The van der Waals surface area contributed by atoms with Gasteiger partial charge >= 0.3 is 0 Å². The minimum Gasteiger partial charge on any atom is -0.350 e. The molecule has 4 nitrogen and oxygen atoms in total. The lowest BCUT2D eigenvalue weighted by Gasteiger charge is -2.38. The van der Waals surface area contributed by atoms with Crippen LogP contribution in [-0.2, 0) is 19.7 Å². The van der Waals surface area contributed by atoms with Gasteiger partial charge in [0.2, 0.25) is 5.91 Å². The van der Waals surface area contributed by atoms with Crippen molar-refractivity contribution in [3.63, 3.8) is 0 Å². The molecule has 0 unspecified atom stereocenters. The molecular weight excluding hydrogens is 314 g/mol. The van der Waals surface area contributed by atoms with Crippen molar-refractivity contribution in [1.29, 1.82) is 0 Å². The van der Waals surface area contributed by atoms with E-state index < -0.39 is 5.41 Å². The highest BCUT2D eigenvalue weighted by atomic mass is 35.5. The lowest BCUT2D eigenvalue weighted by atomic mass is 9.82. The number of piperidine rings is 1. The van der Waals surface area contributed by atoms with Gasteiger partial charge in [-0.1, -0.05) is 23.7 Å². The summed E-state index contributed by atoms with van der Waals surface area (Å²) in [4.78, 5) is 14.9. The first kappa shape index (κ1) is 16.7. The van der Waals surface area contributed by atoms with Gasteiger partial charge in [-0.25, -0.2) is 0 Å². The number of benzene rings is 1. The first-order valence-corrected chi connectivity index (χ1v) is 8.65. The van der Waals surface area contributed by atoms with E-state index in [0.717, 1.165) is 31.5 Å². The Labute approximate surface area is 142 Å². The average molecular weight is 338 g/mol. The Morgan fingerprint density at radius 3 is 2.48 bits per heavy atom. The van der Waals surface area contributed by atoms with Crippen LogP contribution < -0.4 is 0 Å². The zero-order valence-corrected chi connectivity index (χ0v) is 14.5. The van der Waals surface area contributed by atoms with Crippen LogP contribution in [0.2, 0.25) is 5.02 Å². The summed E-state index contributed by atoms with van der Waals surface area (Å²) < 4.78 is 11.2. The molecule has 2 fully saturated rings. The first-order valence-electron chi connectivity index (χ1n) is 8.27. The predicted molar refractivity (Wildman–Crippen MR) is 89.5 cm³/mol. The molecular formula is C18H24ClNO3. The zero-order valence-electron chi connectivity index (χ0n) is 13.8. The van der Waals surface area contributed by atoms with E-state index in [2.05, 4.69) is 0 Å². The van der Waals surface area contributed by atoms with Crippen molar-refractivity contribution in [3.8, 4) is 0 Å². The fourth-order valence-corrected chi connectivity index (χ4v) is 3.61. The van der Waals surface area contributed by atoms with Crippen molar-refractivity contribution < 1.29 is 14.3 Å². The van der Waals surface area contributed by atoms with Crippen molar-refractivity contribution in [1.82, 2.24) is 4.90 Å². The maximum atomic E-state index is 13.0. The van der Waals surface area contributed by atoms with Crippen LogP contribution in [0.25, 0.3) is 0 Å². The Hall–Kier alpha value is -1.10. The highest BCUT2D eigenvalue weighted by Crippen LogP contribution is 2.31. The second kappa shape index (κ2) is 6.80. The molecule has 0 atom stereocenters. The van der Waals surface area contributed by atoms with E-state index in [4.69, 9.17) is 21.1 Å². The zero-order chi connectivity index (χ0) is 16.4. The van der Waals surface area contributed by atoms with Crippen LogP contribution in [0.1, 0.15) is 32.3 Å². The molecule has 0 spiro atoms. The van der Waals surface area contributed by atoms with Crippen LogP contribution in [0.15, 0.2) is 24.3 Å². The number of rotatable bonds is 3. The van der Waals surface area contributed by atoms with Crippen LogP contribution in [0.5, 0.6) is 0 Å². The van der Waals surface area contributed by atoms with Gasteiger partial charge in [0, 0.05) is 24.0 Å². The molecule has 2 aliphatic heterocycles. The van der Waals surface area contributed by atoms with E-state index in [-0.39, 0.29) is 12.2 Å². The van der Waals surface area contributed by atoms with Gasteiger partial charge < -0.3 is 14.4 Å². The van der Waals surface area contributed by atoms with Crippen molar-refractivity contribution in [2.75, 3.05) is 26.3 Å². The van der Waals surface area contributed by atoms with Gasteiger partial charge in [0.05, 0.1) is 18.6 Å². The largest absolute Gasteiger partial charge is 0.350 e. The average Bonchev–Trinajstić information content (AvgIpc) is 3.09. The van der Waals surface area contributed by atoms with Crippen LogP contribution in [0.4, 0.5) is 0 Å². The predicted octanol–water partition coefficient (Wildman–Crippen LogP) is 3.23. The molecule has 3 rings (SSSR count). The summed E-state index contributed by atoms with van der Waals surface area (Å²) in [5.41, 5.74) is 0.387. The molecule has 0 bridgehead atoms. The summed E-state index contributed by atoms with van der Waals surface area (Å²) in [6, 6.07) is 7.58. The normalized spacial score (nSPS) is 20.9. The molecule has 23 heavy (non-hydrogen) atoms. The molecule has 0 radical (unpaired) electrons. The molecule has 2 saturated heterocycles. The Morgan fingerprint density at radius 1 is 1.22 bits per heavy atom. The fraction of sp³-hybridized carbons (Fsp3) is 0.611. The van der Waals surface area contributed by atoms with E-state index in [1.165, 1.54) is 0 Å². The fourth-order valence-electron chi connectivity index (χ4n) is 3.42. The first-order chi connectivity index (χ1) is 11.0. The van der Waals surface area contributed by atoms with E-state index >= 15 is 0 Å². The van der Waals surface area contributed by atoms with Crippen LogP contribution in [0, 0.1) is 5.92 Å². The number of hydrogen-bond donors (Lipinski definition) is 0. The smallest absolute Gasteiger partial charge is 0.232 e. The van der Waals surface area contributed by atoms with E-state index in [1.54, 1.807) is 0 Å². The standard InChI is InChI=1S/C18H24ClNO3/c1-18(2,14-4-3-5-15(19)12-14)17(21)20-8-6-13(7-9-20)16-22-10-11-23-16/h3-5,12-13,16H,6-11H2,1-2H3. The van der Waals surface area contributed by atoms with Crippen LogP contribution in [0.3, 0.4) is 0 Å². The summed E-state index contributed by atoms with van der Waals surface area (Å²) in [5, 5.41) is 0.664. The lowest BCUT2D eigenvalue weighted by molar-refractivity contribution is -0.141. The quantitative estimate of drug-likeness (QED) is 0.850. The van der Waals surface area contributed by atoms with Crippen LogP contribution in [-0.4, -0.2) is 43.4 Å². The highest BCUT2D eigenvalue weighted by Gasteiger charge is 2.37. The third kappa shape index (κ3) is 3.54. The maximum Gasteiger partial charge on any atom is 0.232 e. The highest BCUT2D eigenvalue weighted by molar-refractivity contribution is 6.30. The Balaban J connectivity index is 1.64. The molecule has 1 amide bonds. The molecule has 5 heteroatoms. The van der Waals surface area contributed by atoms with Crippen molar-refractivity contribution in [3.05, 3.63) is 34.9 Å². The molecule has 0 saturated carbocycles. The molecule has 2 aliphatic rings. The third-order valence-corrected chi connectivity index (χ3v) is 5.18. The number of nitrogens with zero attached hydrogens (tertiary/aromatic N) is 1. The van der Waals surface area contributed by atoms with Gasteiger partial charge in [0.25, 0.3) is 0 Å². The lowest BCUT2D eigenvalue weighted by Crippen LogP contribution is -2.48. The van der Waals surface area contributed by atoms with Crippen molar-refractivity contribution >= 4 is 17.5 Å². The summed E-state index contributed by atoms with van der Waals surface area (Å²) >= 11 is 6.08. The van der Waals surface area contributed by atoms with E-state index in [9.17, 15) is 4.79 Å². The molecule has 2 heterocycles. The van der Waals surface area contributed by atoms with Crippen LogP contribution >= 0.6 is 11.6 Å². The Bertz CT molecular complexity index is 561. The molecule has 126 valence electrons. The minimum atomic E-state index is -0.571. The van der Waals surface area contributed by atoms with Crippen molar-refractivity contribution in [2.24, 2.45) is 5.92 Å². The van der Waals surface area contributed by atoms with Crippen molar-refractivity contribution in [2.45, 2.75) is 38.4 Å². The van der Waals surface area contributed by atoms with Gasteiger partial charge in [-0.15, -0.1) is 0 Å². The van der Waals surface area contributed by atoms with E-state index in [0.29, 0.717) is 24.2 Å². The molecule has 0 aromatic heterocycles. The molecule has 1 aromatic rings. The minimum absolute atomic E-state index is 0.0757. The summed E-state index contributed by atoms with van der Waals surface area (Å²) in [5.74, 6) is 0.558. The summed E-state index contributed by atoms with van der Waals surface area (Å²) in [7, 11) is 0. The summed E-state index contributed by atoms with van der Waals surface area (Å²) in [6.45, 7) is 6.83. The topological polar surface area (TPSA) is 38.8 Å². The second-order valence-electron chi connectivity index (χ2n) is 6.87. The number of halogens is 1. The number of ether oxygens (including phenoxy) is 2. The number of carbonyl (C=O) groups excluding carboxylic acids is 1. The SMILES string of the molecule is CC(C)(C(=O)N1CCC(C2OCCO2)CC1)c1cccc(Cl)c1. The van der Waals surface area contributed by atoms with Gasteiger partial charge in [-0.3, -0.25) is 4.79 Å². The third-order valence-electron chi connectivity index (χ3n) is 4.94. The summed E-state index contributed by atoms with van der Waals surface area (Å²) in [6.07, 6.45) is 1.79. The van der Waals surface area contributed by atoms with Gasteiger partial charge in [0.1, 0.15) is 0 Å². The maximum absolute atomic E-state index is 13.0.